The number of benzene rings is 1. The van der Waals surface area contributed by atoms with Crippen LogP contribution in [0.2, 0.25) is 0 Å². The molecule has 1 aliphatic rings. The van der Waals surface area contributed by atoms with Crippen LogP contribution in [0.4, 0.5) is 11.4 Å². The smallest absolute Gasteiger partial charge is 0.269 e. The molecule has 7 nitrogen and oxygen atoms in total. The molecule has 1 aromatic rings. The molecule has 1 fully saturated rings. The van der Waals surface area contributed by atoms with Gasteiger partial charge in [-0.25, -0.2) is 0 Å². The number of nitrogen functional groups attached to an aromatic ring is 1. The molecule has 1 aromatic carbocycles. The zero-order valence-corrected chi connectivity index (χ0v) is 12.1. The van der Waals surface area contributed by atoms with Gasteiger partial charge in [0, 0.05) is 44.0 Å². The van der Waals surface area contributed by atoms with Crippen molar-refractivity contribution in [1.82, 2.24) is 9.80 Å². The van der Waals surface area contributed by atoms with Crippen molar-refractivity contribution in [1.29, 1.82) is 0 Å². The molecule has 116 valence electrons. The lowest BCUT2D eigenvalue weighted by molar-refractivity contribution is -0.384. The molecule has 0 unspecified atom stereocenters. The zero-order valence-electron chi connectivity index (χ0n) is 12.1. The monoisotopic (exact) mass is 294 g/mol. The van der Waals surface area contributed by atoms with E-state index in [0.29, 0.717) is 18.8 Å². The van der Waals surface area contributed by atoms with E-state index in [-0.39, 0.29) is 12.3 Å². The number of anilines is 1. The van der Waals surface area contributed by atoms with E-state index in [2.05, 4.69) is 9.80 Å². The Morgan fingerprint density at radius 3 is 2.67 bits per heavy atom. The van der Waals surface area contributed by atoms with Gasteiger partial charge in [0.1, 0.15) is 0 Å². The van der Waals surface area contributed by atoms with Crippen LogP contribution in [-0.2, 0) is 6.54 Å². The van der Waals surface area contributed by atoms with Crippen LogP contribution < -0.4 is 5.73 Å². The highest BCUT2D eigenvalue weighted by molar-refractivity contribution is 5.52. The van der Waals surface area contributed by atoms with Gasteiger partial charge < -0.3 is 10.8 Å². The molecule has 0 bridgehead atoms. The molecule has 1 saturated heterocycles. The van der Waals surface area contributed by atoms with E-state index in [1.165, 1.54) is 6.07 Å². The maximum Gasteiger partial charge on any atom is 0.269 e. The fourth-order valence-electron chi connectivity index (χ4n) is 2.63. The van der Waals surface area contributed by atoms with Gasteiger partial charge in [0.15, 0.2) is 0 Å². The first-order valence-corrected chi connectivity index (χ1v) is 7.18. The van der Waals surface area contributed by atoms with Gasteiger partial charge in [-0.1, -0.05) is 0 Å². The average Bonchev–Trinajstić information content (AvgIpc) is 2.67. The normalized spacial score (nSPS) is 17.6. The first-order chi connectivity index (χ1) is 10.1. The SMILES string of the molecule is Nc1ccc([N+](=O)[O-])cc1CN1CCCN(CCO)CC1. The Hall–Kier alpha value is -1.70. The molecule has 0 amide bonds. The van der Waals surface area contributed by atoms with E-state index >= 15 is 0 Å². The van der Waals surface area contributed by atoms with Gasteiger partial charge in [-0.15, -0.1) is 0 Å². The highest BCUT2D eigenvalue weighted by atomic mass is 16.6. The third kappa shape index (κ3) is 4.38. The molecular formula is C14H22N4O3. The van der Waals surface area contributed by atoms with Crippen molar-refractivity contribution in [2.75, 3.05) is 45.1 Å². The summed E-state index contributed by atoms with van der Waals surface area (Å²) in [5, 5.41) is 19.8. The van der Waals surface area contributed by atoms with E-state index in [9.17, 15) is 10.1 Å². The predicted octanol–water partition coefficient (Wildman–Crippen LogP) is 0.677. The second-order valence-corrected chi connectivity index (χ2v) is 5.34. The largest absolute Gasteiger partial charge is 0.398 e. The summed E-state index contributed by atoms with van der Waals surface area (Å²) in [7, 11) is 0. The zero-order chi connectivity index (χ0) is 15.2. The van der Waals surface area contributed by atoms with Crippen molar-refractivity contribution in [2.45, 2.75) is 13.0 Å². The Morgan fingerprint density at radius 1 is 1.24 bits per heavy atom. The summed E-state index contributed by atoms with van der Waals surface area (Å²) in [6.07, 6.45) is 1.02. The van der Waals surface area contributed by atoms with Crippen molar-refractivity contribution in [3.63, 3.8) is 0 Å². The number of hydrogen-bond acceptors (Lipinski definition) is 6. The van der Waals surface area contributed by atoms with Gasteiger partial charge in [0.2, 0.25) is 0 Å². The standard InChI is InChI=1S/C14H22N4O3/c15-14-3-2-13(18(20)21)10-12(14)11-17-5-1-4-16(6-7-17)8-9-19/h2-3,10,19H,1,4-9,11,15H2. The van der Waals surface area contributed by atoms with Crippen LogP contribution in [0.5, 0.6) is 0 Å². The average molecular weight is 294 g/mol. The molecule has 3 N–H and O–H groups in total. The molecule has 2 rings (SSSR count). The fourth-order valence-corrected chi connectivity index (χ4v) is 2.63. The lowest BCUT2D eigenvalue weighted by Gasteiger charge is -2.21. The van der Waals surface area contributed by atoms with Gasteiger partial charge in [-0.05, 0) is 31.1 Å². The van der Waals surface area contributed by atoms with Crippen molar-refractivity contribution in [3.05, 3.63) is 33.9 Å². The molecule has 21 heavy (non-hydrogen) atoms. The number of nitrogens with two attached hydrogens (primary N) is 1. The molecule has 1 heterocycles. The van der Waals surface area contributed by atoms with Crippen LogP contribution >= 0.6 is 0 Å². The molecule has 0 aromatic heterocycles. The van der Waals surface area contributed by atoms with E-state index in [1.54, 1.807) is 12.1 Å². The summed E-state index contributed by atoms with van der Waals surface area (Å²) in [4.78, 5) is 14.9. The lowest BCUT2D eigenvalue weighted by Crippen LogP contribution is -2.32. The number of β-amino-alcohol motifs (C(OH)–C–C–N with tert-alkyl or cyclic N) is 1. The molecule has 1 aliphatic heterocycles. The number of non-ortho nitro benzene ring substituents is 1. The Bertz CT molecular complexity index is 495. The number of nitro benzene ring substituents is 1. The van der Waals surface area contributed by atoms with Crippen molar-refractivity contribution >= 4 is 11.4 Å². The van der Waals surface area contributed by atoms with Gasteiger partial charge in [-0.2, -0.15) is 0 Å². The minimum Gasteiger partial charge on any atom is -0.398 e. The quantitative estimate of drug-likeness (QED) is 0.471. The first kappa shape index (κ1) is 15.7. The number of aliphatic hydroxyl groups excluding tert-OH is 1. The molecule has 0 saturated carbocycles. The molecule has 7 heteroatoms. The van der Waals surface area contributed by atoms with Gasteiger partial charge >= 0.3 is 0 Å². The highest BCUT2D eigenvalue weighted by Gasteiger charge is 2.17. The van der Waals surface area contributed by atoms with Gasteiger partial charge in [0.25, 0.3) is 5.69 Å². The second-order valence-electron chi connectivity index (χ2n) is 5.34. The summed E-state index contributed by atoms with van der Waals surface area (Å²) < 4.78 is 0. The number of nitro groups is 1. The predicted molar refractivity (Wildman–Crippen MR) is 80.9 cm³/mol. The maximum absolute atomic E-state index is 10.8. The third-order valence-corrected chi connectivity index (χ3v) is 3.83. The third-order valence-electron chi connectivity index (χ3n) is 3.83. The highest BCUT2D eigenvalue weighted by Crippen LogP contribution is 2.21. The molecule has 0 aliphatic carbocycles. The van der Waals surface area contributed by atoms with Crippen LogP contribution in [0.3, 0.4) is 0 Å². The van der Waals surface area contributed by atoms with Crippen LogP contribution in [0.15, 0.2) is 18.2 Å². The molecule has 0 radical (unpaired) electrons. The van der Waals surface area contributed by atoms with E-state index in [0.717, 1.165) is 38.2 Å². The Morgan fingerprint density at radius 2 is 1.95 bits per heavy atom. The Balaban J connectivity index is 2.01. The molecule has 0 spiro atoms. The number of rotatable bonds is 5. The van der Waals surface area contributed by atoms with E-state index in [1.807, 2.05) is 0 Å². The maximum atomic E-state index is 10.8. The van der Waals surface area contributed by atoms with Crippen molar-refractivity contribution in [3.8, 4) is 0 Å². The summed E-state index contributed by atoms with van der Waals surface area (Å²) in [5.41, 5.74) is 7.41. The molecular weight excluding hydrogens is 272 g/mol. The van der Waals surface area contributed by atoms with Crippen molar-refractivity contribution in [2.24, 2.45) is 0 Å². The number of aliphatic hydroxyl groups is 1. The second kappa shape index (κ2) is 7.35. The van der Waals surface area contributed by atoms with E-state index < -0.39 is 4.92 Å². The fraction of sp³-hybridized carbons (Fsp3) is 0.571. The van der Waals surface area contributed by atoms with E-state index in [4.69, 9.17) is 10.8 Å². The summed E-state index contributed by atoms with van der Waals surface area (Å²) in [5.74, 6) is 0. The van der Waals surface area contributed by atoms with Gasteiger partial charge in [0.05, 0.1) is 11.5 Å². The lowest BCUT2D eigenvalue weighted by atomic mass is 10.1. The van der Waals surface area contributed by atoms with Gasteiger partial charge in [-0.3, -0.25) is 19.9 Å². The Labute approximate surface area is 124 Å². The van der Waals surface area contributed by atoms with Crippen LogP contribution in [0.1, 0.15) is 12.0 Å². The number of hydrogen-bond donors (Lipinski definition) is 2. The summed E-state index contributed by atoms with van der Waals surface area (Å²) in [6, 6.07) is 4.60. The summed E-state index contributed by atoms with van der Waals surface area (Å²) in [6.45, 7) is 5.19. The minimum atomic E-state index is -0.394. The molecule has 0 atom stereocenters. The van der Waals surface area contributed by atoms with Crippen LogP contribution in [-0.4, -0.2) is 59.2 Å². The summed E-state index contributed by atoms with van der Waals surface area (Å²) >= 11 is 0. The van der Waals surface area contributed by atoms with Crippen molar-refractivity contribution < 1.29 is 10.0 Å². The Kier molecular flexibility index (Phi) is 5.49. The van der Waals surface area contributed by atoms with Crippen LogP contribution in [0, 0.1) is 10.1 Å². The minimum absolute atomic E-state index is 0.0796. The number of nitrogens with zero attached hydrogens (tertiary/aromatic N) is 3. The van der Waals surface area contributed by atoms with Crippen LogP contribution in [0.25, 0.3) is 0 Å². The first-order valence-electron chi connectivity index (χ1n) is 7.18. The topological polar surface area (TPSA) is 95.9 Å².